The van der Waals surface area contributed by atoms with Crippen LogP contribution < -0.4 is 0 Å². The van der Waals surface area contributed by atoms with E-state index in [9.17, 15) is 0 Å². The molecular formula is C10H11N3. The van der Waals surface area contributed by atoms with Crippen molar-refractivity contribution in [3.63, 3.8) is 0 Å². The van der Waals surface area contributed by atoms with E-state index in [-0.39, 0.29) is 0 Å². The number of nitrogens with zero attached hydrogens (tertiary/aromatic N) is 3. The zero-order valence-electron chi connectivity index (χ0n) is 7.35. The largest absolute Gasteiger partial charge is 0.303 e. The fourth-order valence-corrected chi connectivity index (χ4v) is 1.86. The maximum Gasteiger partial charge on any atom is 0.0996 e. The van der Waals surface area contributed by atoms with Crippen molar-refractivity contribution in [2.75, 3.05) is 0 Å². The number of aromatic nitrogens is 3. The monoisotopic (exact) mass is 173 g/mol. The molecule has 2 aromatic rings. The molecule has 0 radical (unpaired) electrons. The molecule has 0 spiro atoms. The van der Waals surface area contributed by atoms with E-state index in [0.717, 1.165) is 0 Å². The number of imidazole rings is 1. The van der Waals surface area contributed by atoms with E-state index in [1.54, 1.807) is 6.20 Å². The summed E-state index contributed by atoms with van der Waals surface area (Å²) in [4.78, 5) is 8.57. The minimum absolute atomic E-state index is 0.689. The van der Waals surface area contributed by atoms with Crippen LogP contribution in [0.25, 0.3) is 5.52 Å². The molecule has 0 unspecified atom stereocenters. The van der Waals surface area contributed by atoms with Crippen molar-refractivity contribution < 1.29 is 0 Å². The predicted octanol–water partition coefficient (Wildman–Crippen LogP) is 2.00. The highest BCUT2D eigenvalue weighted by Crippen LogP contribution is 2.36. The van der Waals surface area contributed by atoms with Crippen LogP contribution in [0, 0.1) is 0 Å². The maximum atomic E-state index is 4.44. The summed E-state index contributed by atoms with van der Waals surface area (Å²) in [5.74, 6) is 0.689. The van der Waals surface area contributed by atoms with Gasteiger partial charge in [-0.2, -0.15) is 0 Å². The second-order valence-corrected chi connectivity index (χ2v) is 3.63. The lowest BCUT2D eigenvalue weighted by atomic mass is 9.83. The highest BCUT2D eigenvalue weighted by molar-refractivity contribution is 5.51. The van der Waals surface area contributed by atoms with E-state index in [1.807, 2.05) is 23.1 Å². The molecule has 0 amide bonds. The number of rotatable bonds is 1. The summed E-state index contributed by atoms with van der Waals surface area (Å²) in [7, 11) is 0. The first-order valence-corrected chi connectivity index (χ1v) is 4.72. The molecule has 0 aromatic carbocycles. The summed E-state index contributed by atoms with van der Waals surface area (Å²) in [5, 5.41) is 0. The van der Waals surface area contributed by atoms with Crippen molar-refractivity contribution in [2.45, 2.75) is 25.2 Å². The molecule has 0 saturated heterocycles. The Bertz CT molecular complexity index is 428. The molecule has 0 atom stereocenters. The van der Waals surface area contributed by atoms with Crippen LogP contribution in [0.3, 0.4) is 0 Å². The first-order chi connectivity index (χ1) is 6.45. The molecule has 1 aliphatic carbocycles. The normalized spacial score (nSPS) is 17.5. The average molecular weight is 173 g/mol. The van der Waals surface area contributed by atoms with Crippen molar-refractivity contribution in [1.29, 1.82) is 0 Å². The number of fused-ring (bicyclic) bond motifs is 1. The van der Waals surface area contributed by atoms with Crippen LogP contribution in [-0.4, -0.2) is 14.4 Å². The van der Waals surface area contributed by atoms with Gasteiger partial charge in [0.25, 0.3) is 0 Å². The summed E-state index contributed by atoms with van der Waals surface area (Å²) < 4.78 is 2.04. The molecule has 1 saturated carbocycles. The zero-order valence-corrected chi connectivity index (χ0v) is 7.35. The van der Waals surface area contributed by atoms with Crippen LogP contribution in [0.1, 0.15) is 30.9 Å². The van der Waals surface area contributed by atoms with E-state index < -0.39 is 0 Å². The average Bonchev–Trinajstić information content (AvgIpc) is 2.47. The summed E-state index contributed by atoms with van der Waals surface area (Å²) in [5.41, 5.74) is 2.41. The van der Waals surface area contributed by atoms with Gasteiger partial charge in [0.1, 0.15) is 0 Å². The molecule has 0 aliphatic heterocycles. The van der Waals surface area contributed by atoms with Crippen LogP contribution >= 0.6 is 0 Å². The summed E-state index contributed by atoms with van der Waals surface area (Å²) >= 11 is 0. The standard InChI is InChI=1S/C10H11N3/c1-2-8(3-1)10-9-6-11-4-5-13(9)7-12-10/h4-8H,1-3H2. The SMILES string of the molecule is c1cn2cnc(C3CCC3)c2cn1. The van der Waals surface area contributed by atoms with E-state index in [4.69, 9.17) is 0 Å². The van der Waals surface area contributed by atoms with Gasteiger partial charge in [0.2, 0.25) is 0 Å². The molecule has 1 aliphatic rings. The van der Waals surface area contributed by atoms with Crippen molar-refractivity contribution >= 4 is 5.52 Å². The van der Waals surface area contributed by atoms with Crippen LogP contribution in [0.15, 0.2) is 24.9 Å². The predicted molar refractivity (Wildman–Crippen MR) is 49.6 cm³/mol. The van der Waals surface area contributed by atoms with Gasteiger partial charge in [0.15, 0.2) is 0 Å². The third kappa shape index (κ3) is 0.963. The minimum atomic E-state index is 0.689. The summed E-state index contributed by atoms with van der Waals surface area (Å²) in [6, 6.07) is 0. The lowest BCUT2D eigenvalue weighted by Crippen LogP contribution is -2.09. The molecule has 66 valence electrons. The Kier molecular flexibility index (Phi) is 1.39. The quantitative estimate of drug-likeness (QED) is 0.660. The van der Waals surface area contributed by atoms with Gasteiger partial charge in [-0.3, -0.25) is 4.98 Å². The molecule has 13 heavy (non-hydrogen) atoms. The lowest BCUT2D eigenvalue weighted by Gasteiger charge is -2.23. The maximum absolute atomic E-state index is 4.44. The van der Waals surface area contributed by atoms with E-state index in [0.29, 0.717) is 5.92 Å². The second-order valence-electron chi connectivity index (χ2n) is 3.63. The fraction of sp³-hybridized carbons (Fsp3) is 0.400. The highest BCUT2D eigenvalue weighted by Gasteiger charge is 2.23. The van der Waals surface area contributed by atoms with Gasteiger partial charge in [-0.25, -0.2) is 4.98 Å². The Hall–Kier alpha value is -1.38. The molecule has 2 heterocycles. The molecule has 3 rings (SSSR count). The van der Waals surface area contributed by atoms with Gasteiger partial charge < -0.3 is 4.40 Å². The number of hydrogen-bond donors (Lipinski definition) is 0. The van der Waals surface area contributed by atoms with Crippen molar-refractivity contribution in [2.24, 2.45) is 0 Å². The van der Waals surface area contributed by atoms with Crippen molar-refractivity contribution in [3.8, 4) is 0 Å². The lowest BCUT2D eigenvalue weighted by molar-refractivity contribution is 0.415. The summed E-state index contributed by atoms with van der Waals surface area (Å²) in [6.07, 6.45) is 11.5. The van der Waals surface area contributed by atoms with Gasteiger partial charge in [-0.15, -0.1) is 0 Å². The molecule has 1 fully saturated rings. The topological polar surface area (TPSA) is 30.2 Å². The highest BCUT2D eigenvalue weighted by atomic mass is 15.0. The van der Waals surface area contributed by atoms with E-state index in [2.05, 4.69) is 9.97 Å². The fourth-order valence-electron chi connectivity index (χ4n) is 1.86. The Balaban J connectivity index is 2.17. The van der Waals surface area contributed by atoms with Crippen LogP contribution in [-0.2, 0) is 0 Å². The third-order valence-corrected chi connectivity index (χ3v) is 2.86. The zero-order chi connectivity index (χ0) is 8.67. The smallest absolute Gasteiger partial charge is 0.0996 e. The van der Waals surface area contributed by atoms with Crippen LogP contribution in [0.4, 0.5) is 0 Å². The van der Waals surface area contributed by atoms with Gasteiger partial charge >= 0.3 is 0 Å². The molecule has 0 bridgehead atoms. The van der Waals surface area contributed by atoms with Gasteiger partial charge in [0, 0.05) is 18.3 Å². The second kappa shape index (κ2) is 2.55. The van der Waals surface area contributed by atoms with E-state index >= 15 is 0 Å². The molecule has 3 heteroatoms. The van der Waals surface area contributed by atoms with Gasteiger partial charge in [-0.1, -0.05) is 6.42 Å². The van der Waals surface area contributed by atoms with E-state index in [1.165, 1.54) is 30.5 Å². The first-order valence-electron chi connectivity index (χ1n) is 4.72. The first kappa shape index (κ1) is 7.06. The minimum Gasteiger partial charge on any atom is -0.303 e. The van der Waals surface area contributed by atoms with Gasteiger partial charge in [-0.05, 0) is 12.8 Å². The molecule has 0 N–H and O–H groups in total. The Morgan fingerprint density at radius 2 is 2.31 bits per heavy atom. The van der Waals surface area contributed by atoms with Crippen molar-refractivity contribution in [3.05, 3.63) is 30.6 Å². The van der Waals surface area contributed by atoms with Gasteiger partial charge in [0.05, 0.1) is 23.7 Å². The molecule has 2 aromatic heterocycles. The third-order valence-electron chi connectivity index (χ3n) is 2.86. The molecule has 3 nitrogen and oxygen atoms in total. The van der Waals surface area contributed by atoms with Crippen molar-refractivity contribution in [1.82, 2.24) is 14.4 Å². The Morgan fingerprint density at radius 1 is 1.38 bits per heavy atom. The summed E-state index contributed by atoms with van der Waals surface area (Å²) in [6.45, 7) is 0. The van der Waals surface area contributed by atoms with Crippen LogP contribution in [0.2, 0.25) is 0 Å². The Labute approximate surface area is 76.4 Å². The molecular weight excluding hydrogens is 162 g/mol. The van der Waals surface area contributed by atoms with Crippen LogP contribution in [0.5, 0.6) is 0 Å². The Morgan fingerprint density at radius 3 is 3.08 bits per heavy atom. The number of hydrogen-bond acceptors (Lipinski definition) is 2.